The average molecular weight is 259 g/mol. The van der Waals surface area contributed by atoms with Gasteiger partial charge in [0, 0.05) is 0 Å². The van der Waals surface area contributed by atoms with Crippen LogP contribution in [0.25, 0.3) is 0 Å². The van der Waals surface area contributed by atoms with Gasteiger partial charge in [-0.05, 0) is 24.5 Å². The third-order valence-electron chi connectivity index (χ3n) is 3.12. The van der Waals surface area contributed by atoms with Crippen LogP contribution in [0.15, 0.2) is 24.3 Å². The van der Waals surface area contributed by atoms with E-state index in [0.717, 1.165) is 12.0 Å². The van der Waals surface area contributed by atoms with Crippen LogP contribution in [0.3, 0.4) is 0 Å². The van der Waals surface area contributed by atoms with Crippen LogP contribution in [-0.2, 0) is 17.7 Å². The molecule has 0 spiro atoms. The van der Waals surface area contributed by atoms with Gasteiger partial charge in [-0.1, -0.05) is 36.4 Å². The molecule has 0 unspecified atom stereocenters. The monoisotopic (exact) mass is 259 g/mol. The first-order chi connectivity index (χ1) is 9.15. The van der Waals surface area contributed by atoms with E-state index in [1.807, 2.05) is 6.92 Å². The second-order valence-corrected chi connectivity index (χ2v) is 4.34. The zero-order valence-corrected chi connectivity index (χ0v) is 11.4. The van der Waals surface area contributed by atoms with Gasteiger partial charge < -0.3 is 4.74 Å². The van der Waals surface area contributed by atoms with Gasteiger partial charge in [-0.15, -0.1) is 5.10 Å². The fourth-order valence-corrected chi connectivity index (χ4v) is 1.85. The first-order valence-electron chi connectivity index (χ1n) is 6.22. The van der Waals surface area contributed by atoms with E-state index in [2.05, 4.69) is 46.2 Å². The Bertz CT molecular complexity index is 573. The Kier molecular flexibility index (Phi) is 3.94. The maximum Gasteiger partial charge on any atom is 0.360 e. The molecule has 0 atom stereocenters. The Labute approximate surface area is 112 Å². The molecule has 0 amide bonds. The summed E-state index contributed by atoms with van der Waals surface area (Å²) in [5.74, 6) is -0.454. The van der Waals surface area contributed by atoms with Gasteiger partial charge in [-0.3, -0.25) is 0 Å². The first kappa shape index (κ1) is 13.3. The lowest BCUT2D eigenvalue weighted by atomic mass is 10.1. The number of carbonyl (C=O) groups is 1. The molecule has 5 nitrogen and oxygen atoms in total. The van der Waals surface area contributed by atoms with Crippen LogP contribution < -0.4 is 0 Å². The Morgan fingerprint density at radius 3 is 2.47 bits per heavy atom. The van der Waals surface area contributed by atoms with Crippen LogP contribution in [0.1, 0.15) is 34.2 Å². The molecule has 0 saturated carbocycles. The van der Waals surface area contributed by atoms with Crippen molar-refractivity contribution in [2.45, 2.75) is 26.8 Å². The SMILES string of the molecule is CCc1ccc(Cn2nnc(C(=O)OC)c2C)cc1. The third kappa shape index (κ3) is 2.81. The maximum atomic E-state index is 11.4. The molecule has 0 saturated heterocycles. The van der Waals surface area contributed by atoms with Crippen molar-refractivity contribution < 1.29 is 9.53 Å². The molecule has 0 aliphatic rings. The van der Waals surface area contributed by atoms with Crippen LogP contribution in [0.5, 0.6) is 0 Å². The van der Waals surface area contributed by atoms with E-state index in [9.17, 15) is 4.79 Å². The summed E-state index contributed by atoms with van der Waals surface area (Å²) >= 11 is 0. The first-order valence-corrected chi connectivity index (χ1v) is 6.22. The molecule has 0 radical (unpaired) electrons. The summed E-state index contributed by atoms with van der Waals surface area (Å²) in [4.78, 5) is 11.4. The lowest BCUT2D eigenvalue weighted by Gasteiger charge is -2.05. The standard InChI is InChI=1S/C14H17N3O2/c1-4-11-5-7-12(8-6-11)9-17-10(2)13(15-16-17)14(18)19-3/h5-8H,4,9H2,1-3H3. The highest BCUT2D eigenvalue weighted by Crippen LogP contribution is 2.10. The number of carbonyl (C=O) groups excluding carboxylic acids is 1. The Hall–Kier alpha value is -2.17. The quantitative estimate of drug-likeness (QED) is 0.788. The summed E-state index contributed by atoms with van der Waals surface area (Å²) in [5.41, 5.74) is 3.41. The molecule has 1 aromatic carbocycles. The van der Waals surface area contributed by atoms with Crippen LogP contribution in [0.4, 0.5) is 0 Å². The van der Waals surface area contributed by atoms with E-state index in [1.165, 1.54) is 12.7 Å². The number of ether oxygens (including phenoxy) is 1. The van der Waals surface area contributed by atoms with E-state index >= 15 is 0 Å². The number of benzene rings is 1. The van der Waals surface area contributed by atoms with Crippen molar-refractivity contribution in [3.8, 4) is 0 Å². The van der Waals surface area contributed by atoms with E-state index in [0.29, 0.717) is 12.2 Å². The van der Waals surface area contributed by atoms with E-state index in [4.69, 9.17) is 0 Å². The number of methoxy groups -OCH3 is 1. The van der Waals surface area contributed by atoms with Crippen molar-refractivity contribution >= 4 is 5.97 Å². The van der Waals surface area contributed by atoms with Crippen molar-refractivity contribution in [3.05, 3.63) is 46.8 Å². The minimum atomic E-state index is -0.454. The van der Waals surface area contributed by atoms with Crippen molar-refractivity contribution in [1.82, 2.24) is 15.0 Å². The van der Waals surface area contributed by atoms with Crippen molar-refractivity contribution in [2.75, 3.05) is 7.11 Å². The van der Waals surface area contributed by atoms with Crippen LogP contribution in [-0.4, -0.2) is 28.1 Å². The van der Waals surface area contributed by atoms with Gasteiger partial charge in [-0.25, -0.2) is 9.48 Å². The fraction of sp³-hybridized carbons (Fsp3) is 0.357. The molecule has 0 N–H and O–H groups in total. The van der Waals surface area contributed by atoms with E-state index < -0.39 is 5.97 Å². The van der Waals surface area contributed by atoms with Crippen molar-refractivity contribution in [3.63, 3.8) is 0 Å². The lowest BCUT2D eigenvalue weighted by Crippen LogP contribution is -2.07. The summed E-state index contributed by atoms with van der Waals surface area (Å²) in [6.07, 6.45) is 1.02. The highest BCUT2D eigenvalue weighted by Gasteiger charge is 2.16. The van der Waals surface area contributed by atoms with Crippen LogP contribution in [0, 0.1) is 6.92 Å². The van der Waals surface area contributed by atoms with Gasteiger partial charge in [0.25, 0.3) is 0 Å². The van der Waals surface area contributed by atoms with Gasteiger partial charge in [0.2, 0.25) is 0 Å². The second kappa shape index (κ2) is 5.65. The summed E-state index contributed by atoms with van der Waals surface area (Å²) < 4.78 is 6.36. The van der Waals surface area contributed by atoms with Crippen LogP contribution in [0.2, 0.25) is 0 Å². The zero-order chi connectivity index (χ0) is 13.8. The minimum absolute atomic E-state index is 0.271. The van der Waals surface area contributed by atoms with Gasteiger partial charge in [0.15, 0.2) is 5.69 Å². The normalized spacial score (nSPS) is 10.5. The predicted octanol–water partition coefficient (Wildman–Crippen LogP) is 1.98. The van der Waals surface area contributed by atoms with E-state index in [-0.39, 0.29) is 5.69 Å². The number of hydrogen-bond acceptors (Lipinski definition) is 4. The zero-order valence-electron chi connectivity index (χ0n) is 11.4. The molecular formula is C14H17N3O2. The number of nitrogens with zero attached hydrogens (tertiary/aromatic N) is 3. The molecule has 0 aliphatic heterocycles. The van der Waals surface area contributed by atoms with Gasteiger partial charge in [-0.2, -0.15) is 0 Å². The number of rotatable bonds is 4. The number of aryl methyl sites for hydroxylation is 1. The van der Waals surface area contributed by atoms with Crippen molar-refractivity contribution in [1.29, 1.82) is 0 Å². The largest absolute Gasteiger partial charge is 0.464 e. The van der Waals surface area contributed by atoms with Gasteiger partial charge in [0.05, 0.1) is 19.3 Å². The molecule has 2 rings (SSSR count). The topological polar surface area (TPSA) is 57.0 Å². The average Bonchev–Trinajstić information content (AvgIpc) is 2.80. The molecule has 0 aliphatic carbocycles. The number of aromatic nitrogens is 3. The Morgan fingerprint density at radius 1 is 1.26 bits per heavy atom. The predicted molar refractivity (Wildman–Crippen MR) is 71.0 cm³/mol. The molecule has 100 valence electrons. The number of hydrogen-bond donors (Lipinski definition) is 0. The van der Waals surface area contributed by atoms with E-state index in [1.54, 1.807) is 4.68 Å². The molecule has 5 heteroatoms. The molecule has 1 aromatic heterocycles. The molecule has 1 heterocycles. The van der Waals surface area contributed by atoms with Crippen LogP contribution >= 0.6 is 0 Å². The minimum Gasteiger partial charge on any atom is -0.464 e. The molecule has 0 bridgehead atoms. The van der Waals surface area contributed by atoms with Gasteiger partial charge in [0.1, 0.15) is 0 Å². The summed E-state index contributed by atoms with van der Waals surface area (Å²) in [7, 11) is 1.34. The summed E-state index contributed by atoms with van der Waals surface area (Å²) in [5, 5.41) is 7.84. The molecule has 0 fully saturated rings. The fourth-order valence-electron chi connectivity index (χ4n) is 1.85. The maximum absolute atomic E-state index is 11.4. The Morgan fingerprint density at radius 2 is 1.89 bits per heavy atom. The number of esters is 1. The molecule has 19 heavy (non-hydrogen) atoms. The summed E-state index contributed by atoms with van der Waals surface area (Å²) in [6, 6.07) is 8.33. The second-order valence-electron chi connectivity index (χ2n) is 4.34. The molecule has 2 aromatic rings. The summed E-state index contributed by atoms with van der Waals surface area (Å²) in [6.45, 7) is 4.53. The van der Waals surface area contributed by atoms with Crippen molar-refractivity contribution in [2.24, 2.45) is 0 Å². The smallest absolute Gasteiger partial charge is 0.360 e. The third-order valence-corrected chi connectivity index (χ3v) is 3.12. The highest BCUT2D eigenvalue weighted by molar-refractivity contribution is 5.88. The lowest BCUT2D eigenvalue weighted by molar-refractivity contribution is 0.0593. The highest BCUT2D eigenvalue weighted by atomic mass is 16.5. The van der Waals surface area contributed by atoms with Gasteiger partial charge >= 0.3 is 5.97 Å². The molecular weight excluding hydrogens is 242 g/mol. The Balaban J connectivity index is 2.19.